The highest BCUT2D eigenvalue weighted by Gasteiger charge is 2.36. The third-order valence-corrected chi connectivity index (χ3v) is 4.20. The fourth-order valence-electron chi connectivity index (χ4n) is 2.77. The highest BCUT2D eigenvalue weighted by molar-refractivity contribution is 9.10. The molecule has 1 aromatic carbocycles. The van der Waals surface area contributed by atoms with Crippen LogP contribution < -0.4 is 0 Å². The van der Waals surface area contributed by atoms with Gasteiger partial charge >= 0.3 is 0 Å². The molecule has 3 heteroatoms. The predicted molar refractivity (Wildman–Crippen MR) is 67.3 cm³/mol. The van der Waals surface area contributed by atoms with Crippen molar-refractivity contribution in [1.29, 1.82) is 0 Å². The molecule has 0 N–H and O–H groups in total. The second-order valence-corrected chi connectivity index (χ2v) is 5.64. The number of ether oxygens (including phenoxy) is 1. The minimum Gasteiger partial charge on any atom is -0.378 e. The monoisotopic (exact) mass is 281 g/mol. The number of rotatable bonds is 2. The van der Waals surface area contributed by atoms with Crippen molar-refractivity contribution in [3.8, 4) is 0 Å². The van der Waals surface area contributed by atoms with E-state index in [-0.39, 0.29) is 0 Å². The summed E-state index contributed by atoms with van der Waals surface area (Å²) in [5.41, 5.74) is 1.40. The zero-order chi connectivity index (χ0) is 11.0. The second-order valence-electron chi connectivity index (χ2n) is 4.72. The number of morpholine rings is 1. The Labute approximate surface area is 105 Å². The van der Waals surface area contributed by atoms with E-state index in [2.05, 4.69) is 45.1 Å². The molecule has 86 valence electrons. The van der Waals surface area contributed by atoms with Gasteiger partial charge in [0.15, 0.2) is 0 Å². The molecular formula is C13H16BrNO. The van der Waals surface area contributed by atoms with Gasteiger partial charge in [-0.15, -0.1) is 0 Å². The van der Waals surface area contributed by atoms with Gasteiger partial charge in [-0.25, -0.2) is 0 Å². The van der Waals surface area contributed by atoms with Gasteiger partial charge in [0.25, 0.3) is 0 Å². The summed E-state index contributed by atoms with van der Waals surface area (Å²) in [6.45, 7) is 2.92. The van der Waals surface area contributed by atoms with E-state index in [0.29, 0.717) is 12.1 Å². The Bertz CT molecular complexity index is 349. The van der Waals surface area contributed by atoms with Crippen molar-refractivity contribution >= 4 is 15.9 Å². The van der Waals surface area contributed by atoms with Crippen LogP contribution >= 0.6 is 15.9 Å². The highest BCUT2D eigenvalue weighted by atomic mass is 79.9. The Balaban J connectivity index is 1.72. The van der Waals surface area contributed by atoms with E-state index in [1.54, 1.807) is 0 Å². The topological polar surface area (TPSA) is 12.5 Å². The summed E-state index contributed by atoms with van der Waals surface area (Å²) in [7, 11) is 0. The largest absolute Gasteiger partial charge is 0.378 e. The van der Waals surface area contributed by atoms with Crippen molar-refractivity contribution in [3.63, 3.8) is 0 Å². The Morgan fingerprint density at radius 3 is 2.38 bits per heavy atom. The zero-order valence-electron chi connectivity index (χ0n) is 9.23. The lowest BCUT2D eigenvalue weighted by Crippen LogP contribution is -2.45. The highest BCUT2D eigenvalue weighted by Crippen LogP contribution is 2.30. The smallest absolute Gasteiger partial charge is 0.0622 e. The van der Waals surface area contributed by atoms with Gasteiger partial charge in [0.2, 0.25) is 0 Å². The van der Waals surface area contributed by atoms with Crippen molar-refractivity contribution in [3.05, 3.63) is 34.3 Å². The van der Waals surface area contributed by atoms with Gasteiger partial charge in [-0.3, -0.25) is 4.90 Å². The first-order valence-electron chi connectivity index (χ1n) is 5.91. The van der Waals surface area contributed by atoms with E-state index in [4.69, 9.17) is 4.74 Å². The van der Waals surface area contributed by atoms with E-state index < -0.39 is 0 Å². The Morgan fingerprint density at radius 1 is 1.12 bits per heavy atom. The molecule has 16 heavy (non-hydrogen) atoms. The zero-order valence-corrected chi connectivity index (χ0v) is 10.8. The maximum absolute atomic E-state index is 5.59. The van der Waals surface area contributed by atoms with Crippen LogP contribution in [0, 0.1) is 0 Å². The molecule has 2 fully saturated rings. The molecule has 0 aromatic heterocycles. The summed E-state index contributed by atoms with van der Waals surface area (Å²) in [5, 5.41) is 0. The molecule has 2 atom stereocenters. The molecule has 3 rings (SSSR count). The molecule has 2 heterocycles. The van der Waals surface area contributed by atoms with Crippen molar-refractivity contribution in [2.75, 3.05) is 13.2 Å². The van der Waals surface area contributed by atoms with Gasteiger partial charge in [0, 0.05) is 23.1 Å². The van der Waals surface area contributed by atoms with Gasteiger partial charge in [-0.1, -0.05) is 28.1 Å². The van der Waals surface area contributed by atoms with E-state index >= 15 is 0 Å². The molecule has 2 unspecified atom stereocenters. The predicted octanol–water partition coefficient (Wildman–Crippen LogP) is 2.81. The van der Waals surface area contributed by atoms with Crippen LogP contribution in [0.3, 0.4) is 0 Å². The Kier molecular flexibility index (Phi) is 3.01. The van der Waals surface area contributed by atoms with Crippen LogP contribution in [0.2, 0.25) is 0 Å². The fourth-order valence-corrected chi connectivity index (χ4v) is 3.04. The SMILES string of the molecule is Brc1ccc(CN2C3CCC2COC3)cc1. The fraction of sp³-hybridized carbons (Fsp3) is 0.538. The summed E-state index contributed by atoms with van der Waals surface area (Å²) in [6.07, 6.45) is 2.61. The third-order valence-electron chi connectivity index (χ3n) is 3.67. The Hall–Kier alpha value is -0.380. The summed E-state index contributed by atoms with van der Waals surface area (Å²) in [6, 6.07) is 9.97. The van der Waals surface area contributed by atoms with Crippen molar-refractivity contribution in [2.45, 2.75) is 31.5 Å². The van der Waals surface area contributed by atoms with Crippen LogP contribution in [0.5, 0.6) is 0 Å². The van der Waals surface area contributed by atoms with Crippen LogP contribution in [-0.2, 0) is 11.3 Å². The van der Waals surface area contributed by atoms with Crippen molar-refractivity contribution < 1.29 is 4.74 Å². The van der Waals surface area contributed by atoms with Crippen LogP contribution in [-0.4, -0.2) is 30.2 Å². The summed E-state index contributed by atoms with van der Waals surface area (Å²) in [5.74, 6) is 0. The first kappa shape index (κ1) is 10.8. The third kappa shape index (κ3) is 2.04. The Morgan fingerprint density at radius 2 is 1.75 bits per heavy atom. The molecule has 2 aliphatic heterocycles. The molecular weight excluding hydrogens is 266 g/mol. The maximum Gasteiger partial charge on any atom is 0.0622 e. The quantitative estimate of drug-likeness (QED) is 0.827. The van der Waals surface area contributed by atoms with Gasteiger partial charge in [-0.05, 0) is 30.5 Å². The van der Waals surface area contributed by atoms with Crippen LogP contribution in [0.15, 0.2) is 28.7 Å². The molecule has 0 radical (unpaired) electrons. The van der Waals surface area contributed by atoms with E-state index in [9.17, 15) is 0 Å². The van der Waals surface area contributed by atoms with Crippen LogP contribution in [0.1, 0.15) is 18.4 Å². The number of hydrogen-bond acceptors (Lipinski definition) is 2. The maximum atomic E-state index is 5.59. The molecule has 0 saturated carbocycles. The first-order valence-corrected chi connectivity index (χ1v) is 6.70. The second kappa shape index (κ2) is 4.47. The van der Waals surface area contributed by atoms with Crippen molar-refractivity contribution in [1.82, 2.24) is 4.90 Å². The molecule has 1 aromatic rings. The average Bonchev–Trinajstić information content (AvgIpc) is 2.52. The summed E-state index contributed by atoms with van der Waals surface area (Å²) >= 11 is 3.47. The number of halogens is 1. The van der Waals surface area contributed by atoms with Gasteiger partial charge < -0.3 is 4.74 Å². The lowest BCUT2D eigenvalue weighted by molar-refractivity contribution is -0.0186. The first-order chi connectivity index (χ1) is 7.83. The molecule has 0 spiro atoms. The number of hydrogen-bond donors (Lipinski definition) is 0. The molecule has 2 bridgehead atoms. The summed E-state index contributed by atoms with van der Waals surface area (Å²) < 4.78 is 6.75. The van der Waals surface area contributed by atoms with Crippen molar-refractivity contribution in [2.24, 2.45) is 0 Å². The number of fused-ring (bicyclic) bond motifs is 2. The van der Waals surface area contributed by atoms with E-state index in [0.717, 1.165) is 24.2 Å². The van der Waals surface area contributed by atoms with Crippen LogP contribution in [0.4, 0.5) is 0 Å². The lowest BCUT2D eigenvalue weighted by atomic mass is 10.1. The minimum absolute atomic E-state index is 0.655. The average molecular weight is 282 g/mol. The molecule has 2 aliphatic rings. The minimum atomic E-state index is 0.655. The number of nitrogens with zero attached hydrogens (tertiary/aromatic N) is 1. The van der Waals surface area contributed by atoms with Gasteiger partial charge in [0.1, 0.15) is 0 Å². The van der Waals surface area contributed by atoms with Gasteiger partial charge in [-0.2, -0.15) is 0 Å². The summed E-state index contributed by atoms with van der Waals surface area (Å²) in [4.78, 5) is 2.62. The lowest BCUT2D eigenvalue weighted by Gasteiger charge is -2.34. The normalized spacial score (nSPS) is 29.6. The van der Waals surface area contributed by atoms with Gasteiger partial charge in [0.05, 0.1) is 13.2 Å². The molecule has 2 nitrogen and oxygen atoms in total. The standard InChI is InChI=1S/C13H16BrNO/c14-11-3-1-10(2-4-11)7-15-12-5-6-13(15)9-16-8-12/h1-4,12-13H,5-9H2. The number of benzene rings is 1. The van der Waals surface area contributed by atoms with Crippen LogP contribution in [0.25, 0.3) is 0 Å². The molecule has 2 saturated heterocycles. The van der Waals surface area contributed by atoms with E-state index in [1.165, 1.54) is 18.4 Å². The molecule has 0 amide bonds. The van der Waals surface area contributed by atoms with E-state index in [1.807, 2.05) is 0 Å². The molecule has 0 aliphatic carbocycles.